The molecule has 0 saturated carbocycles. The average Bonchev–Trinajstić information content (AvgIpc) is 3.42. The number of hydrogen-bond acceptors (Lipinski definition) is 6. The van der Waals surface area contributed by atoms with Gasteiger partial charge in [-0.05, 0) is 38.2 Å². The van der Waals surface area contributed by atoms with Gasteiger partial charge in [0.25, 0.3) is 0 Å². The number of rotatable bonds is 6. The van der Waals surface area contributed by atoms with Crippen molar-refractivity contribution in [3.05, 3.63) is 76.6 Å². The fourth-order valence-electron chi connectivity index (χ4n) is 4.85. The SMILES string of the molecule is CNCCCn1c(=O)n(C2CCOc3c(F)cccc32)c2nc(-n3cnc4ccc(F)cc43)ncc21. The van der Waals surface area contributed by atoms with Crippen molar-refractivity contribution in [3.8, 4) is 11.7 Å². The second kappa shape index (κ2) is 8.83. The van der Waals surface area contributed by atoms with E-state index in [1.165, 1.54) is 24.5 Å². The number of nitrogens with one attached hydrogen (secondary N) is 1. The molecular formula is C25H23F2N7O2. The molecule has 1 aliphatic rings. The molecule has 6 rings (SSSR count). The van der Waals surface area contributed by atoms with Gasteiger partial charge in [-0.1, -0.05) is 12.1 Å². The molecule has 1 atom stereocenters. The quantitative estimate of drug-likeness (QED) is 0.367. The lowest BCUT2D eigenvalue weighted by Crippen LogP contribution is -2.31. The van der Waals surface area contributed by atoms with Crippen molar-refractivity contribution in [3.63, 3.8) is 0 Å². The number of hydrogen-bond donors (Lipinski definition) is 1. The van der Waals surface area contributed by atoms with Gasteiger partial charge in [0.2, 0.25) is 5.95 Å². The fraction of sp³-hybridized carbons (Fsp3) is 0.280. The Morgan fingerprint density at radius 2 is 2.06 bits per heavy atom. The maximum atomic E-state index is 14.5. The highest BCUT2D eigenvalue weighted by Crippen LogP contribution is 2.37. The van der Waals surface area contributed by atoms with Gasteiger partial charge in [-0.3, -0.25) is 13.7 Å². The van der Waals surface area contributed by atoms with E-state index in [-0.39, 0.29) is 24.0 Å². The van der Waals surface area contributed by atoms with Crippen LogP contribution in [0.4, 0.5) is 8.78 Å². The number of nitrogens with zero attached hydrogens (tertiary/aromatic N) is 6. The summed E-state index contributed by atoms with van der Waals surface area (Å²) >= 11 is 0. The predicted molar refractivity (Wildman–Crippen MR) is 130 cm³/mol. The normalized spacial score (nSPS) is 15.4. The lowest BCUT2D eigenvalue weighted by molar-refractivity contribution is 0.243. The third-order valence-corrected chi connectivity index (χ3v) is 6.53. The molecule has 0 bridgehead atoms. The molecule has 0 radical (unpaired) electrons. The molecule has 0 spiro atoms. The minimum absolute atomic E-state index is 0.155. The van der Waals surface area contributed by atoms with E-state index in [4.69, 9.17) is 9.72 Å². The summed E-state index contributed by atoms with van der Waals surface area (Å²) in [7, 11) is 1.85. The number of halogens is 2. The van der Waals surface area contributed by atoms with Crippen LogP contribution in [0.15, 0.2) is 53.7 Å². The summed E-state index contributed by atoms with van der Waals surface area (Å²) in [6.45, 7) is 1.46. The molecule has 1 unspecified atom stereocenters. The van der Waals surface area contributed by atoms with E-state index in [0.29, 0.717) is 40.7 Å². The van der Waals surface area contributed by atoms with E-state index in [1.807, 2.05) is 7.05 Å². The van der Waals surface area contributed by atoms with Gasteiger partial charge < -0.3 is 10.1 Å². The third-order valence-electron chi connectivity index (χ3n) is 6.53. The Hall–Kier alpha value is -4.12. The zero-order valence-electron chi connectivity index (χ0n) is 19.5. The van der Waals surface area contributed by atoms with Gasteiger partial charge in [0.1, 0.15) is 17.7 Å². The molecule has 2 aromatic carbocycles. The van der Waals surface area contributed by atoms with Gasteiger partial charge in [-0.15, -0.1) is 0 Å². The zero-order chi connectivity index (χ0) is 24.8. The van der Waals surface area contributed by atoms with E-state index < -0.39 is 17.7 Å². The highest BCUT2D eigenvalue weighted by Gasteiger charge is 2.30. The van der Waals surface area contributed by atoms with Crippen LogP contribution in [-0.4, -0.2) is 48.9 Å². The van der Waals surface area contributed by atoms with Gasteiger partial charge >= 0.3 is 5.69 Å². The topological polar surface area (TPSA) is 91.8 Å². The summed E-state index contributed by atoms with van der Waals surface area (Å²) in [6, 6.07) is 8.55. The molecule has 1 N–H and O–H groups in total. The zero-order valence-corrected chi connectivity index (χ0v) is 19.5. The maximum Gasteiger partial charge on any atom is 0.330 e. The Balaban J connectivity index is 1.57. The first-order valence-corrected chi connectivity index (χ1v) is 11.7. The average molecular weight is 492 g/mol. The molecule has 0 amide bonds. The Kier molecular flexibility index (Phi) is 5.48. The van der Waals surface area contributed by atoms with Gasteiger partial charge in [0.05, 0.1) is 29.9 Å². The molecule has 0 fully saturated rings. The number of imidazole rings is 2. The van der Waals surface area contributed by atoms with Crippen LogP contribution in [0.2, 0.25) is 0 Å². The summed E-state index contributed by atoms with van der Waals surface area (Å²) in [4.78, 5) is 27.3. The number of aromatic nitrogens is 6. The van der Waals surface area contributed by atoms with Crippen molar-refractivity contribution in [2.75, 3.05) is 20.2 Å². The van der Waals surface area contributed by atoms with E-state index in [1.54, 1.807) is 38.1 Å². The summed E-state index contributed by atoms with van der Waals surface area (Å²) in [5.41, 5.74) is 2.42. The van der Waals surface area contributed by atoms with E-state index in [0.717, 1.165) is 13.0 Å². The standard InChI is InChI=1S/C25H23F2N7O2/c1-28-9-3-10-32-21-13-29-24(33-14-30-18-7-6-15(26)12-20(18)33)31-23(21)34(25(32)35)19-8-11-36-22-16(19)4-2-5-17(22)27/h2,4-7,12-14,19,28H,3,8-11H2,1H3. The van der Waals surface area contributed by atoms with Gasteiger partial charge in [-0.2, -0.15) is 4.98 Å². The monoisotopic (exact) mass is 491 g/mol. The first kappa shape index (κ1) is 22.4. The van der Waals surface area contributed by atoms with Crippen molar-refractivity contribution >= 4 is 22.2 Å². The van der Waals surface area contributed by atoms with Gasteiger partial charge in [0, 0.05) is 24.6 Å². The molecule has 4 heterocycles. The maximum absolute atomic E-state index is 14.5. The first-order valence-electron chi connectivity index (χ1n) is 11.7. The minimum Gasteiger partial charge on any atom is -0.490 e. The molecule has 11 heteroatoms. The van der Waals surface area contributed by atoms with Crippen LogP contribution in [-0.2, 0) is 6.54 Å². The molecule has 0 aliphatic carbocycles. The molecule has 0 saturated heterocycles. The van der Waals surface area contributed by atoms with Crippen LogP contribution in [0.25, 0.3) is 28.1 Å². The van der Waals surface area contributed by atoms with Gasteiger partial charge in [0.15, 0.2) is 17.2 Å². The van der Waals surface area contributed by atoms with Crippen molar-refractivity contribution in [2.45, 2.75) is 25.4 Å². The van der Waals surface area contributed by atoms with Crippen molar-refractivity contribution in [2.24, 2.45) is 0 Å². The molecular weight excluding hydrogens is 468 g/mol. The number of para-hydroxylation sites is 1. The number of ether oxygens (including phenoxy) is 1. The molecule has 1 aliphatic heterocycles. The Morgan fingerprint density at radius 3 is 2.92 bits per heavy atom. The van der Waals surface area contributed by atoms with Crippen LogP contribution >= 0.6 is 0 Å². The molecule has 9 nitrogen and oxygen atoms in total. The Morgan fingerprint density at radius 1 is 1.17 bits per heavy atom. The van der Waals surface area contributed by atoms with Crippen LogP contribution < -0.4 is 15.7 Å². The summed E-state index contributed by atoms with van der Waals surface area (Å²) < 4.78 is 38.9. The highest BCUT2D eigenvalue weighted by molar-refractivity contribution is 5.78. The van der Waals surface area contributed by atoms with E-state index in [2.05, 4.69) is 15.3 Å². The number of aryl methyl sites for hydroxylation is 1. The van der Waals surface area contributed by atoms with Gasteiger partial charge in [-0.25, -0.2) is 23.5 Å². The minimum atomic E-state index is -0.468. The second-order valence-electron chi connectivity index (χ2n) is 8.70. The predicted octanol–water partition coefficient (Wildman–Crippen LogP) is 3.19. The Labute approximate surface area is 204 Å². The lowest BCUT2D eigenvalue weighted by atomic mass is 10.00. The molecule has 36 heavy (non-hydrogen) atoms. The van der Waals surface area contributed by atoms with Crippen LogP contribution in [0.5, 0.6) is 5.75 Å². The highest BCUT2D eigenvalue weighted by atomic mass is 19.1. The molecule has 5 aromatic rings. The number of benzene rings is 2. The number of fused-ring (bicyclic) bond motifs is 3. The fourth-order valence-corrected chi connectivity index (χ4v) is 4.85. The van der Waals surface area contributed by atoms with E-state index >= 15 is 0 Å². The van der Waals surface area contributed by atoms with Crippen molar-refractivity contribution < 1.29 is 13.5 Å². The summed E-state index contributed by atoms with van der Waals surface area (Å²) in [5.74, 6) is -0.464. The smallest absolute Gasteiger partial charge is 0.330 e. The lowest BCUT2D eigenvalue weighted by Gasteiger charge is -2.26. The third kappa shape index (κ3) is 3.54. The van der Waals surface area contributed by atoms with Crippen LogP contribution in [0.1, 0.15) is 24.4 Å². The Bertz CT molecular complexity index is 1660. The van der Waals surface area contributed by atoms with Crippen LogP contribution in [0.3, 0.4) is 0 Å². The first-order chi connectivity index (χ1) is 17.6. The molecule has 184 valence electrons. The largest absolute Gasteiger partial charge is 0.490 e. The van der Waals surface area contributed by atoms with E-state index in [9.17, 15) is 13.6 Å². The van der Waals surface area contributed by atoms with Crippen LogP contribution in [0, 0.1) is 11.6 Å². The second-order valence-corrected chi connectivity index (χ2v) is 8.70. The van der Waals surface area contributed by atoms with Crippen molar-refractivity contribution in [1.82, 2.24) is 34.0 Å². The summed E-state index contributed by atoms with van der Waals surface area (Å²) in [5, 5.41) is 3.09. The van der Waals surface area contributed by atoms with Crippen molar-refractivity contribution in [1.29, 1.82) is 0 Å². The summed E-state index contributed by atoms with van der Waals surface area (Å²) in [6.07, 6.45) is 4.33. The molecule has 3 aromatic heterocycles.